The number of benzene rings is 2. The zero-order valence-corrected chi connectivity index (χ0v) is 15.3. The lowest BCUT2D eigenvalue weighted by Crippen LogP contribution is -2.59. The summed E-state index contributed by atoms with van der Waals surface area (Å²) in [6, 6.07) is 17.8. The van der Waals surface area contributed by atoms with Gasteiger partial charge in [0.25, 0.3) is 5.60 Å². The molecule has 0 radical (unpaired) electrons. The molecule has 0 aromatic heterocycles. The van der Waals surface area contributed by atoms with Gasteiger partial charge >= 0.3 is 12.1 Å². The zero-order chi connectivity index (χ0) is 20.8. The number of fused-ring (bicyclic) bond motifs is 1. The molecule has 1 atom stereocenters. The minimum absolute atomic E-state index is 0.121. The highest BCUT2D eigenvalue weighted by atomic mass is 19.4. The summed E-state index contributed by atoms with van der Waals surface area (Å²) in [5.41, 5.74) is -3.95. The predicted octanol–water partition coefficient (Wildman–Crippen LogP) is 4.60. The number of rotatable bonds is 3. The topological polar surface area (TPSA) is 52.6 Å². The van der Waals surface area contributed by atoms with E-state index in [4.69, 9.17) is 4.74 Å². The summed E-state index contributed by atoms with van der Waals surface area (Å²) >= 11 is 0. The summed E-state index contributed by atoms with van der Waals surface area (Å²) in [5, 5.41) is 0. The molecular weight excluding hydrogens is 373 g/mol. The molecule has 1 unspecified atom stereocenters. The second kappa shape index (κ2) is 8.73. The van der Waals surface area contributed by atoms with Gasteiger partial charge in [-0.05, 0) is 26.0 Å². The molecule has 1 aliphatic heterocycles. The van der Waals surface area contributed by atoms with Crippen molar-refractivity contribution < 1.29 is 32.2 Å². The molecule has 3 rings (SSSR count). The maximum absolute atomic E-state index is 13.6. The molecule has 148 valence electrons. The van der Waals surface area contributed by atoms with Gasteiger partial charge in [-0.3, -0.25) is 4.79 Å². The second-order valence-corrected chi connectivity index (χ2v) is 5.81. The highest BCUT2D eigenvalue weighted by Gasteiger charge is 2.66. The van der Waals surface area contributed by atoms with Crippen LogP contribution in [-0.4, -0.2) is 30.1 Å². The monoisotopic (exact) mass is 392 g/mol. The van der Waals surface area contributed by atoms with Crippen LogP contribution in [0.4, 0.5) is 13.2 Å². The van der Waals surface area contributed by atoms with Crippen LogP contribution in [0.3, 0.4) is 0 Å². The van der Waals surface area contributed by atoms with Crippen molar-refractivity contribution in [2.75, 3.05) is 6.61 Å². The van der Waals surface area contributed by atoms with Gasteiger partial charge in [-0.25, -0.2) is 4.79 Å². The normalized spacial score (nSPS) is 17.8. The Morgan fingerprint density at radius 3 is 2.00 bits per heavy atom. The maximum atomic E-state index is 13.6. The van der Waals surface area contributed by atoms with Crippen molar-refractivity contribution >= 4 is 17.8 Å². The molecule has 0 fully saturated rings. The van der Waals surface area contributed by atoms with Crippen LogP contribution in [0.1, 0.15) is 19.4 Å². The van der Waals surface area contributed by atoms with Crippen LogP contribution in [0.5, 0.6) is 5.75 Å². The largest absolute Gasteiger partial charge is 0.464 e. The Hall–Kier alpha value is -3.09. The SMILES string of the molecule is CCOC(=O)C1=Cc2ccccc2OC1(C(C)=O)C(F)(F)F.c1ccccc1. The molecule has 0 aliphatic carbocycles. The van der Waals surface area contributed by atoms with E-state index in [1.807, 2.05) is 36.4 Å². The third-order valence-corrected chi connectivity index (χ3v) is 3.92. The number of Topliss-reactive ketones (excluding diaryl/α,β-unsaturated/α-hetero) is 1. The first-order valence-electron chi connectivity index (χ1n) is 8.49. The van der Waals surface area contributed by atoms with Gasteiger partial charge in [0, 0.05) is 5.56 Å². The predicted molar refractivity (Wildman–Crippen MR) is 97.6 cm³/mol. The Bertz CT molecular complexity index is 833. The number of ether oxygens (including phenoxy) is 2. The first-order chi connectivity index (χ1) is 13.2. The third kappa shape index (κ3) is 4.24. The van der Waals surface area contributed by atoms with Gasteiger partial charge in [0.1, 0.15) is 5.75 Å². The third-order valence-electron chi connectivity index (χ3n) is 3.92. The van der Waals surface area contributed by atoms with Gasteiger partial charge in [-0.1, -0.05) is 54.6 Å². The number of para-hydroxylation sites is 1. The Labute approximate surface area is 160 Å². The van der Waals surface area contributed by atoms with Crippen molar-refractivity contribution in [1.29, 1.82) is 0 Å². The molecule has 0 N–H and O–H groups in total. The number of carbonyl (C=O) groups is 2. The van der Waals surface area contributed by atoms with Gasteiger partial charge in [0.05, 0.1) is 12.2 Å². The van der Waals surface area contributed by atoms with Crippen LogP contribution in [-0.2, 0) is 14.3 Å². The number of hydrogen-bond donors (Lipinski definition) is 0. The van der Waals surface area contributed by atoms with Crippen molar-refractivity contribution in [2.45, 2.75) is 25.6 Å². The van der Waals surface area contributed by atoms with Crippen LogP contribution < -0.4 is 4.74 Å². The van der Waals surface area contributed by atoms with Gasteiger partial charge in [-0.2, -0.15) is 13.2 Å². The van der Waals surface area contributed by atoms with E-state index in [-0.39, 0.29) is 17.9 Å². The van der Waals surface area contributed by atoms with Gasteiger partial charge < -0.3 is 9.47 Å². The highest BCUT2D eigenvalue weighted by Crippen LogP contribution is 2.46. The second-order valence-electron chi connectivity index (χ2n) is 5.81. The number of alkyl halides is 3. The fraction of sp³-hybridized carbons (Fsp3) is 0.238. The fourth-order valence-electron chi connectivity index (χ4n) is 2.64. The summed E-state index contributed by atoms with van der Waals surface area (Å²) in [6.45, 7) is 2.07. The van der Waals surface area contributed by atoms with E-state index in [1.165, 1.54) is 25.1 Å². The van der Waals surface area contributed by atoms with E-state index in [1.54, 1.807) is 6.07 Å². The lowest BCUT2D eigenvalue weighted by Gasteiger charge is -2.37. The van der Waals surface area contributed by atoms with Gasteiger partial charge in [0.2, 0.25) is 0 Å². The first-order valence-corrected chi connectivity index (χ1v) is 8.49. The number of halogens is 3. The van der Waals surface area contributed by atoms with E-state index in [9.17, 15) is 22.8 Å². The van der Waals surface area contributed by atoms with Gasteiger partial charge in [0.15, 0.2) is 5.78 Å². The average molecular weight is 392 g/mol. The molecule has 0 spiro atoms. The Kier molecular flexibility index (Phi) is 6.62. The molecular formula is C21H19F3O4. The summed E-state index contributed by atoms with van der Waals surface area (Å²) in [4.78, 5) is 23.8. The number of hydrogen-bond acceptors (Lipinski definition) is 4. The minimum atomic E-state index is -5.11. The summed E-state index contributed by atoms with van der Waals surface area (Å²) in [7, 11) is 0. The smallest absolute Gasteiger partial charge is 0.440 e. The number of esters is 1. The number of carbonyl (C=O) groups excluding carboxylic acids is 2. The van der Waals surface area contributed by atoms with Crippen molar-refractivity contribution in [2.24, 2.45) is 0 Å². The summed E-state index contributed by atoms with van der Waals surface area (Å²) in [6.07, 6.45) is -4.11. The molecule has 28 heavy (non-hydrogen) atoms. The molecule has 0 saturated heterocycles. The standard InChI is InChI=1S/C15H13F3O4.C6H6/c1-3-21-13(20)11-8-10-6-4-5-7-12(10)22-14(11,9(2)19)15(16,17)18;1-2-4-6-5-3-1/h4-8H,3H2,1-2H3;1-6H. The van der Waals surface area contributed by atoms with Crippen LogP contribution in [0, 0.1) is 0 Å². The molecule has 2 aromatic rings. The highest BCUT2D eigenvalue weighted by molar-refractivity contribution is 6.07. The van der Waals surface area contributed by atoms with Crippen molar-refractivity contribution in [3.05, 3.63) is 71.8 Å². The summed E-state index contributed by atoms with van der Waals surface area (Å²) in [5.74, 6) is -2.69. The van der Waals surface area contributed by atoms with Crippen LogP contribution in [0.2, 0.25) is 0 Å². The minimum Gasteiger partial charge on any atom is -0.464 e. The maximum Gasteiger partial charge on any atom is 0.440 e. The van der Waals surface area contributed by atoms with Crippen LogP contribution in [0.25, 0.3) is 6.08 Å². The van der Waals surface area contributed by atoms with E-state index < -0.39 is 29.1 Å². The van der Waals surface area contributed by atoms with E-state index in [2.05, 4.69) is 4.74 Å². The fourth-order valence-corrected chi connectivity index (χ4v) is 2.64. The Morgan fingerprint density at radius 2 is 1.54 bits per heavy atom. The van der Waals surface area contributed by atoms with Crippen molar-refractivity contribution in [3.63, 3.8) is 0 Å². The van der Waals surface area contributed by atoms with E-state index in [0.717, 1.165) is 13.0 Å². The van der Waals surface area contributed by atoms with Crippen molar-refractivity contribution in [1.82, 2.24) is 0 Å². The van der Waals surface area contributed by atoms with E-state index >= 15 is 0 Å². The molecule has 1 aliphatic rings. The van der Waals surface area contributed by atoms with E-state index in [0.29, 0.717) is 0 Å². The van der Waals surface area contributed by atoms with Gasteiger partial charge in [-0.15, -0.1) is 0 Å². The molecule has 1 heterocycles. The molecule has 2 aromatic carbocycles. The molecule has 0 amide bonds. The average Bonchev–Trinajstić information content (AvgIpc) is 2.67. The molecule has 4 nitrogen and oxygen atoms in total. The summed E-state index contributed by atoms with van der Waals surface area (Å²) < 4.78 is 50.4. The zero-order valence-electron chi connectivity index (χ0n) is 15.3. The molecule has 0 bridgehead atoms. The Morgan fingerprint density at radius 1 is 1.00 bits per heavy atom. The molecule has 7 heteroatoms. The van der Waals surface area contributed by atoms with Crippen molar-refractivity contribution in [3.8, 4) is 5.75 Å². The lowest BCUT2D eigenvalue weighted by molar-refractivity contribution is -0.229. The van der Waals surface area contributed by atoms with Crippen LogP contribution >= 0.6 is 0 Å². The number of ketones is 1. The first kappa shape index (κ1) is 21.2. The quantitative estimate of drug-likeness (QED) is 0.717. The van der Waals surface area contributed by atoms with Crippen LogP contribution in [0.15, 0.2) is 66.2 Å². The molecule has 0 saturated carbocycles. The Balaban J connectivity index is 0.000000397. The lowest BCUT2D eigenvalue weighted by atomic mass is 9.85.